The van der Waals surface area contributed by atoms with Gasteiger partial charge in [0, 0.05) is 124 Å². The van der Waals surface area contributed by atoms with E-state index in [-0.39, 0.29) is 29.8 Å². The van der Waals surface area contributed by atoms with E-state index in [1.165, 1.54) is 44.0 Å². The number of morpholine rings is 3. The van der Waals surface area contributed by atoms with Crippen LogP contribution in [-0.4, -0.2) is 165 Å². The molecule has 0 spiro atoms. The molecule has 3 aromatic carbocycles. The van der Waals surface area contributed by atoms with Crippen LogP contribution in [0.3, 0.4) is 0 Å². The first kappa shape index (κ1) is 72.3. The molecule has 25 heteroatoms. The van der Waals surface area contributed by atoms with Crippen LogP contribution in [0.4, 0.5) is 73.9 Å². The van der Waals surface area contributed by atoms with Crippen LogP contribution in [0.5, 0.6) is 17.6 Å². The number of nitrogens with zero attached hydrogens (tertiary/aromatic N) is 9. The summed E-state index contributed by atoms with van der Waals surface area (Å²) in [7, 11) is 0. The van der Waals surface area contributed by atoms with E-state index in [0.717, 1.165) is 186 Å². The largest absolute Gasteiger partial charge is 0.477 e. The summed E-state index contributed by atoms with van der Waals surface area (Å²) in [6, 6.07) is 26.6. The standard InChI is InChI=1S/C25H34F3N5O2.C25H35F2N5O2.C22H30N4O2/c1-17(25(2,27)28)30-19-5-3-18(4-6-19)16-35-23-22(26)15-29-24(32-23)31-20-7-9-21(10-8-20)33-11-13-34-14-12-33;1-18(25(2,26)27)29-20-5-3-19(4-6-20)17-34-23-11-12-28-24(31-23)30-21-7-9-22(10-8-21)32-13-15-33-16-14-32;1-17-2-4-18(5-3-17)16-28-21-10-11-23-22(25-21)24-19-6-8-20(9-7-19)26-12-14-27-15-13-26/h7-10,15,17-19,30H,3-6,11-14,16H2,1-2H3,(H,29,31,32);7-12,18-20,29H,3-6,13-17H2,1-2H3,(H,28,30,31);6-11,17-18H,2-5,12-16H2,1H3,(H,23,24,25). The van der Waals surface area contributed by atoms with Gasteiger partial charge in [-0.3, -0.25) is 0 Å². The molecule has 0 bridgehead atoms. The van der Waals surface area contributed by atoms with Crippen molar-refractivity contribution < 1.29 is 50.4 Å². The van der Waals surface area contributed by atoms with Crippen LogP contribution in [0.25, 0.3) is 0 Å². The molecule has 6 heterocycles. The Labute approximate surface area is 568 Å². The SMILES string of the molecule is CC(NC1CCC(COc2ccnc(Nc3ccc(N4CCOCC4)cc3)n2)CC1)C(C)(F)F.CC(NC1CCC(COc2nc(Nc3ccc(N4CCOCC4)cc3)ncc2F)CC1)C(C)(F)F.CC1CCC(COc2ccnc(Nc3ccc(N4CCOCC4)cc3)n2)CC1. The van der Waals surface area contributed by atoms with Crippen LogP contribution in [0.1, 0.15) is 112 Å². The molecular formula is C72H99F5N14O6. The van der Waals surface area contributed by atoms with Gasteiger partial charge in [-0.25, -0.2) is 32.5 Å². The van der Waals surface area contributed by atoms with Crippen LogP contribution >= 0.6 is 0 Å². The molecule has 528 valence electrons. The van der Waals surface area contributed by atoms with Gasteiger partial charge >= 0.3 is 0 Å². The van der Waals surface area contributed by atoms with Crippen LogP contribution in [0.15, 0.2) is 104 Å². The highest BCUT2D eigenvalue weighted by atomic mass is 19.3. The second-order valence-corrected chi connectivity index (χ2v) is 26.8. The van der Waals surface area contributed by atoms with Crippen molar-refractivity contribution in [2.45, 2.75) is 148 Å². The molecular weight excluding hydrogens is 1250 g/mol. The molecule has 3 saturated heterocycles. The number of anilines is 9. The lowest BCUT2D eigenvalue weighted by atomic mass is 9.83. The van der Waals surface area contributed by atoms with Crippen molar-refractivity contribution in [3.8, 4) is 17.6 Å². The minimum atomic E-state index is -2.75. The van der Waals surface area contributed by atoms with Gasteiger partial charge in [0.15, 0.2) is 0 Å². The number of ether oxygens (including phenoxy) is 6. The molecule has 6 aromatic rings. The van der Waals surface area contributed by atoms with E-state index in [1.54, 1.807) is 25.4 Å². The summed E-state index contributed by atoms with van der Waals surface area (Å²) in [5.74, 6) is -1.56. The van der Waals surface area contributed by atoms with E-state index in [2.05, 4.69) is 115 Å². The minimum Gasteiger partial charge on any atom is -0.477 e. The maximum atomic E-state index is 14.3. The molecule has 0 radical (unpaired) electrons. The smallest absolute Gasteiger partial charge is 0.260 e. The highest BCUT2D eigenvalue weighted by Crippen LogP contribution is 2.33. The van der Waals surface area contributed by atoms with E-state index in [0.29, 0.717) is 48.7 Å². The van der Waals surface area contributed by atoms with E-state index in [4.69, 9.17) is 28.4 Å². The first-order valence-electron chi connectivity index (χ1n) is 34.8. The molecule has 3 aliphatic carbocycles. The summed E-state index contributed by atoms with van der Waals surface area (Å²) in [6.07, 6.45) is 16.5. The van der Waals surface area contributed by atoms with Crippen molar-refractivity contribution in [3.63, 3.8) is 0 Å². The second-order valence-electron chi connectivity index (χ2n) is 26.8. The fourth-order valence-electron chi connectivity index (χ4n) is 12.7. The van der Waals surface area contributed by atoms with Gasteiger partial charge in [-0.2, -0.15) is 19.3 Å². The number of rotatable bonds is 24. The Bertz CT molecular complexity index is 3260. The summed E-state index contributed by atoms with van der Waals surface area (Å²) in [5, 5.41) is 15.7. The molecule has 3 aliphatic heterocycles. The number of hydrogen-bond acceptors (Lipinski definition) is 20. The van der Waals surface area contributed by atoms with Gasteiger partial charge in [0.05, 0.1) is 77.7 Å². The lowest BCUT2D eigenvalue weighted by molar-refractivity contribution is -0.0184. The van der Waals surface area contributed by atoms with E-state index < -0.39 is 29.7 Å². The quantitative estimate of drug-likeness (QED) is 0.0358. The van der Waals surface area contributed by atoms with Gasteiger partial charge in [-0.05, 0) is 175 Å². The molecule has 3 saturated carbocycles. The molecule has 0 amide bonds. The highest BCUT2D eigenvalue weighted by Gasteiger charge is 2.35. The summed E-state index contributed by atoms with van der Waals surface area (Å²) in [6.45, 7) is 18.9. The summed E-state index contributed by atoms with van der Waals surface area (Å²) in [4.78, 5) is 32.7. The van der Waals surface area contributed by atoms with Gasteiger partial charge in [0.25, 0.3) is 17.7 Å². The Morgan fingerprint density at radius 3 is 1.13 bits per heavy atom. The van der Waals surface area contributed by atoms with Gasteiger partial charge in [-0.1, -0.05) is 19.8 Å². The molecule has 6 fully saturated rings. The van der Waals surface area contributed by atoms with Crippen LogP contribution in [0, 0.1) is 29.5 Å². The molecule has 20 nitrogen and oxygen atoms in total. The molecule has 2 unspecified atom stereocenters. The van der Waals surface area contributed by atoms with Crippen molar-refractivity contribution >= 4 is 52.0 Å². The zero-order chi connectivity index (χ0) is 68.0. The van der Waals surface area contributed by atoms with Crippen molar-refractivity contribution in [1.29, 1.82) is 0 Å². The van der Waals surface area contributed by atoms with E-state index in [1.807, 2.05) is 42.5 Å². The number of alkyl halides is 4. The molecule has 5 N–H and O–H groups in total. The zero-order valence-corrected chi connectivity index (χ0v) is 56.9. The van der Waals surface area contributed by atoms with Crippen molar-refractivity contribution in [2.75, 3.05) is 129 Å². The Balaban J connectivity index is 0.000000159. The predicted octanol–water partition coefficient (Wildman–Crippen LogP) is 13.7. The fourth-order valence-corrected chi connectivity index (χ4v) is 12.7. The van der Waals surface area contributed by atoms with Gasteiger partial charge < -0.3 is 69.7 Å². The lowest BCUT2D eigenvalue weighted by Gasteiger charge is -2.32. The minimum absolute atomic E-state index is 0.0632. The first-order chi connectivity index (χ1) is 46.9. The summed E-state index contributed by atoms with van der Waals surface area (Å²) in [5.41, 5.74) is 6.17. The third-order valence-electron chi connectivity index (χ3n) is 19.2. The number of nitrogens with one attached hydrogen (secondary N) is 5. The Morgan fingerprint density at radius 2 is 0.784 bits per heavy atom. The lowest BCUT2D eigenvalue weighted by Crippen LogP contribution is -2.47. The molecule has 12 rings (SSSR count). The zero-order valence-electron chi connectivity index (χ0n) is 56.9. The number of halogens is 5. The summed E-state index contributed by atoms with van der Waals surface area (Å²) < 4.78 is 102. The molecule has 3 aromatic heterocycles. The predicted molar refractivity (Wildman–Crippen MR) is 370 cm³/mol. The highest BCUT2D eigenvalue weighted by molar-refractivity contribution is 5.62. The van der Waals surface area contributed by atoms with E-state index in [9.17, 15) is 22.0 Å². The average molecular weight is 1350 g/mol. The number of aromatic nitrogens is 6. The number of benzene rings is 3. The third-order valence-corrected chi connectivity index (χ3v) is 19.2. The maximum Gasteiger partial charge on any atom is 0.260 e. The summed E-state index contributed by atoms with van der Waals surface area (Å²) >= 11 is 0. The third kappa shape index (κ3) is 23.3. The topological polar surface area (TPSA) is 203 Å². The Hall–Kier alpha value is -7.45. The van der Waals surface area contributed by atoms with Gasteiger partial charge in [0.2, 0.25) is 35.4 Å². The monoisotopic (exact) mass is 1350 g/mol. The van der Waals surface area contributed by atoms with Gasteiger partial charge in [0.1, 0.15) is 0 Å². The maximum absolute atomic E-state index is 14.3. The second kappa shape index (κ2) is 35.9. The Kier molecular flexibility index (Phi) is 26.7. The van der Waals surface area contributed by atoms with E-state index >= 15 is 0 Å². The number of hydrogen-bond donors (Lipinski definition) is 5. The fraction of sp³-hybridized carbons (Fsp3) is 0.583. The van der Waals surface area contributed by atoms with Crippen molar-refractivity contribution in [2.24, 2.45) is 23.7 Å². The van der Waals surface area contributed by atoms with Crippen LogP contribution < -0.4 is 55.5 Å². The van der Waals surface area contributed by atoms with Crippen molar-refractivity contribution in [3.05, 3.63) is 109 Å². The Morgan fingerprint density at radius 1 is 0.454 bits per heavy atom. The normalized spacial score (nSPS) is 22.3. The first-order valence-corrected chi connectivity index (χ1v) is 34.8. The van der Waals surface area contributed by atoms with Crippen molar-refractivity contribution in [1.82, 2.24) is 40.5 Å². The van der Waals surface area contributed by atoms with Gasteiger partial charge in [-0.15, -0.1) is 0 Å². The van der Waals surface area contributed by atoms with Crippen LogP contribution in [0.2, 0.25) is 0 Å². The van der Waals surface area contributed by atoms with Crippen LogP contribution in [-0.2, 0) is 14.2 Å². The molecule has 2 atom stereocenters. The molecule has 97 heavy (non-hydrogen) atoms. The average Bonchev–Trinajstić information content (AvgIpc) is 1.22. The molecule has 6 aliphatic rings.